The molecule has 0 spiro atoms. The molecule has 0 bridgehead atoms. The Morgan fingerprint density at radius 2 is 1.31 bits per heavy atom. The number of nitro groups is 2. The van der Waals surface area contributed by atoms with Gasteiger partial charge in [0, 0.05) is 50.0 Å². The van der Waals surface area contributed by atoms with Gasteiger partial charge >= 0.3 is 18.0 Å². The third-order valence-electron chi connectivity index (χ3n) is 5.73. The smallest absolute Gasteiger partial charge is 0.410 e. The van der Waals surface area contributed by atoms with Crippen molar-refractivity contribution in [2.24, 2.45) is 0 Å². The van der Waals surface area contributed by atoms with Gasteiger partial charge in [0.15, 0.2) is 11.5 Å². The summed E-state index contributed by atoms with van der Waals surface area (Å²) >= 11 is 6.37. The zero-order chi connectivity index (χ0) is 33.5. The van der Waals surface area contributed by atoms with Crippen molar-refractivity contribution in [1.82, 2.24) is 10.2 Å². The summed E-state index contributed by atoms with van der Waals surface area (Å²) in [6, 6.07) is 11.1. The molecule has 0 aliphatic heterocycles. The second-order valence-electron chi connectivity index (χ2n) is 10.3. The van der Waals surface area contributed by atoms with Crippen LogP contribution in [0.25, 0.3) is 0 Å². The number of nitrogens with zero attached hydrogens (tertiary/aromatic N) is 3. The minimum absolute atomic E-state index is 0.000985. The van der Waals surface area contributed by atoms with E-state index in [4.69, 9.17) is 25.8 Å². The van der Waals surface area contributed by atoms with E-state index in [1.54, 1.807) is 20.8 Å². The Hall–Kier alpha value is -5.57. The maximum absolute atomic E-state index is 13.0. The van der Waals surface area contributed by atoms with Gasteiger partial charge in [-0.1, -0.05) is 11.6 Å². The van der Waals surface area contributed by atoms with Crippen molar-refractivity contribution in [3.05, 3.63) is 103 Å². The standard InChI is InChI=1S/C29H27ClN4O11/c1-29(2,3)45-28(38)32(4)14-13-31-25(35)19-15-22(30)24(44-27(37)18-7-11-21(12-8-18)34(41)42)23(16-19)43-26(36)17-5-9-20(10-6-17)33(39)40/h5-12,15-16H,13-14H2,1-4H3,(H,31,35). The molecule has 0 unspecified atom stereocenters. The number of carbonyl (C=O) groups is 4. The van der Waals surface area contributed by atoms with Gasteiger partial charge in [-0.25, -0.2) is 14.4 Å². The number of non-ortho nitro benzene ring substituents is 2. The largest absolute Gasteiger partial charge is 0.444 e. The third-order valence-corrected chi connectivity index (χ3v) is 6.02. The van der Waals surface area contributed by atoms with Crippen LogP contribution in [0.4, 0.5) is 16.2 Å². The van der Waals surface area contributed by atoms with Gasteiger partial charge in [0.05, 0.1) is 26.0 Å². The Balaban J connectivity index is 1.86. The first-order chi connectivity index (χ1) is 21.1. The molecule has 2 amide bonds. The molecule has 0 saturated carbocycles. The number of hydrogen-bond acceptors (Lipinski definition) is 11. The molecule has 3 aromatic carbocycles. The van der Waals surface area contributed by atoms with Crippen molar-refractivity contribution in [2.75, 3.05) is 20.1 Å². The lowest BCUT2D eigenvalue weighted by atomic mass is 10.1. The summed E-state index contributed by atoms with van der Waals surface area (Å²) in [6.07, 6.45) is -0.598. The summed E-state index contributed by atoms with van der Waals surface area (Å²) in [7, 11) is 1.49. The summed E-state index contributed by atoms with van der Waals surface area (Å²) in [5.74, 6) is -3.61. The average Bonchev–Trinajstić information content (AvgIpc) is 2.97. The van der Waals surface area contributed by atoms with E-state index in [-0.39, 0.29) is 46.2 Å². The molecule has 3 aromatic rings. The van der Waals surface area contributed by atoms with E-state index in [1.165, 1.54) is 11.9 Å². The maximum Gasteiger partial charge on any atom is 0.410 e. The fourth-order valence-corrected chi connectivity index (χ4v) is 3.74. The van der Waals surface area contributed by atoms with Crippen LogP contribution in [0.5, 0.6) is 11.5 Å². The highest BCUT2D eigenvalue weighted by Gasteiger charge is 2.24. The first kappa shape index (κ1) is 33.9. The number of likely N-dealkylation sites (N-methyl/N-ethyl adjacent to an activating group) is 1. The number of amides is 2. The molecule has 0 saturated heterocycles. The van der Waals surface area contributed by atoms with Gasteiger partial charge in [-0.05, 0) is 57.2 Å². The maximum atomic E-state index is 13.0. The van der Waals surface area contributed by atoms with Crippen LogP contribution in [-0.2, 0) is 4.74 Å². The molecule has 45 heavy (non-hydrogen) atoms. The Bertz CT molecular complexity index is 1640. The lowest BCUT2D eigenvalue weighted by molar-refractivity contribution is -0.385. The van der Waals surface area contributed by atoms with Crippen LogP contribution < -0.4 is 14.8 Å². The van der Waals surface area contributed by atoms with E-state index in [1.807, 2.05) is 0 Å². The summed E-state index contributed by atoms with van der Waals surface area (Å²) < 4.78 is 16.0. The highest BCUT2D eigenvalue weighted by Crippen LogP contribution is 2.38. The minimum Gasteiger partial charge on any atom is -0.444 e. The first-order valence-electron chi connectivity index (χ1n) is 13.0. The molecule has 1 N–H and O–H groups in total. The van der Waals surface area contributed by atoms with Crippen LogP contribution in [0.3, 0.4) is 0 Å². The van der Waals surface area contributed by atoms with Crippen LogP contribution >= 0.6 is 11.6 Å². The van der Waals surface area contributed by atoms with Gasteiger partial charge in [-0.2, -0.15) is 0 Å². The Kier molecular flexibility index (Phi) is 10.8. The van der Waals surface area contributed by atoms with Crippen molar-refractivity contribution in [1.29, 1.82) is 0 Å². The van der Waals surface area contributed by atoms with Gasteiger partial charge in [0.1, 0.15) is 5.60 Å². The predicted molar refractivity (Wildman–Crippen MR) is 159 cm³/mol. The van der Waals surface area contributed by atoms with E-state index in [9.17, 15) is 39.4 Å². The normalized spacial score (nSPS) is 10.8. The first-order valence-corrected chi connectivity index (χ1v) is 13.4. The lowest BCUT2D eigenvalue weighted by Gasteiger charge is -2.24. The van der Waals surface area contributed by atoms with Crippen LogP contribution in [0.15, 0.2) is 60.7 Å². The number of carbonyl (C=O) groups excluding carboxylic acids is 4. The Morgan fingerprint density at radius 3 is 1.78 bits per heavy atom. The van der Waals surface area contributed by atoms with E-state index in [0.29, 0.717) is 0 Å². The zero-order valence-electron chi connectivity index (χ0n) is 24.4. The summed E-state index contributed by atoms with van der Waals surface area (Å²) in [4.78, 5) is 72.7. The molecule has 0 aliphatic rings. The fraction of sp³-hybridized carbons (Fsp3) is 0.241. The van der Waals surface area contributed by atoms with Gasteiger partial charge < -0.3 is 24.4 Å². The van der Waals surface area contributed by atoms with E-state index >= 15 is 0 Å². The summed E-state index contributed by atoms with van der Waals surface area (Å²) in [6.45, 7) is 5.22. The van der Waals surface area contributed by atoms with Gasteiger partial charge in [-0.3, -0.25) is 25.0 Å². The second-order valence-corrected chi connectivity index (χ2v) is 10.7. The molecule has 3 rings (SSSR count). The Morgan fingerprint density at radius 1 is 0.822 bits per heavy atom. The van der Waals surface area contributed by atoms with E-state index < -0.39 is 50.9 Å². The number of nitrogens with one attached hydrogen (secondary N) is 1. The molecule has 16 heteroatoms. The van der Waals surface area contributed by atoms with E-state index in [0.717, 1.165) is 60.7 Å². The molecule has 0 heterocycles. The van der Waals surface area contributed by atoms with Crippen molar-refractivity contribution < 1.29 is 43.2 Å². The summed E-state index contributed by atoms with van der Waals surface area (Å²) in [5.41, 5.74) is -1.57. The Labute approximate surface area is 260 Å². The quantitative estimate of drug-likeness (QED) is 0.132. The SMILES string of the molecule is CN(CCNC(=O)c1cc(Cl)c(OC(=O)c2ccc([N+](=O)[O-])cc2)c(OC(=O)c2ccc([N+](=O)[O-])cc2)c1)C(=O)OC(C)(C)C. The highest BCUT2D eigenvalue weighted by atomic mass is 35.5. The van der Waals surface area contributed by atoms with Crippen LogP contribution in [0.1, 0.15) is 51.8 Å². The van der Waals surface area contributed by atoms with Crippen LogP contribution in [-0.4, -0.2) is 64.4 Å². The van der Waals surface area contributed by atoms with Crippen molar-refractivity contribution in [3.63, 3.8) is 0 Å². The number of benzene rings is 3. The molecule has 15 nitrogen and oxygen atoms in total. The molecule has 0 radical (unpaired) electrons. The van der Waals surface area contributed by atoms with Crippen LogP contribution in [0, 0.1) is 20.2 Å². The molecule has 0 fully saturated rings. The molecule has 236 valence electrons. The highest BCUT2D eigenvalue weighted by molar-refractivity contribution is 6.33. The van der Waals surface area contributed by atoms with Gasteiger partial charge in [0.2, 0.25) is 0 Å². The predicted octanol–water partition coefficient (Wildman–Crippen LogP) is 5.19. The van der Waals surface area contributed by atoms with Crippen molar-refractivity contribution in [3.8, 4) is 11.5 Å². The second kappa shape index (κ2) is 14.3. The number of nitro benzene ring substituents is 2. The molecule has 0 atom stereocenters. The fourth-order valence-electron chi connectivity index (χ4n) is 3.49. The number of rotatable bonds is 10. The number of ether oxygens (including phenoxy) is 3. The molecule has 0 aromatic heterocycles. The summed E-state index contributed by atoms with van der Waals surface area (Å²) in [5, 5.41) is 24.2. The van der Waals surface area contributed by atoms with Gasteiger partial charge in [0.25, 0.3) is 17.3 Å². The average molecular weight is 643 g/mol. The minimum atomic E-state index is -1.02. The number of hydrogen-bond donors (Lipinski definition) is 1. The number of halogens is 1. The molecular weight excluding hydrogens is 616 g/mol. The topological polar surface area (TPSA) is 198 Å². The molecular formula is C29H27ClN4O11. The van der Waals surface area contributed by atoms with E-state index in [2.05, 4.69) is 5.32 Å². The van der Waals surface area contributed by atoms with Gasteiger partial charge in [-0.15, -0.1) is 0 Å². The zero-order valence-corrected chi connectivity index (χ0v) is 25.2. The number of esters is 2. The lowest BCUT2D eigenvalue weighted by Crippen LogP contribution is -2.39. The van der Waals surface area contributed by atoms with Crippen molar-refractivity contribution >= 4 is 46.9 Å². The van der Waals surface area contributed by atoms with Crippen molar-refractivity contribution in [2.45, 2.75) is 26.4 Å². The monoisotopic (exact) mass is 642 g/mol. The molecule has 0 aliphatic carbocycles. The van der Waals surface area contributed by atoms with Crippen LogP contribution in [0.2, 0.25) is 5.02 Å². The third kappa shape index (κ3) is 9.46.